The number of hydrogen-bond acceptors (Lipinski definition) is 6. The summed E-state index contributed by atoms with van der Waals surface area (Å²) in [6.07, 6.45) is 3.30. The third-order valence-corrected chi connectivity index (χ3v) is 6.05. The molecule has 0 saturated heterocycles. The van der Waals surface area contributed by atoms with E-state index in [9.17, 15) is 4.79 Å². The van der Waals surface area contributed by atoms with E-state index in [4.69, 9.17) is 21.0 Å². The van der Waals surface area contributed by atoms with Crippen molar-refractivity contribution in [3.8, 4) is 17.3 Å². The van der Waals surface area contributed by atoms with Gasteiger partial charge in [0, 0.05) is 22.5 Å². The highest BCUT2D eigenvalue weighted by atomic mass is 35.5. The minimum atomic E-state index is -0.157. The van der Waals surface area contributed by atoms with Gasteiger partial charge in [-0.3, -0.25) is 4.79 Å². The zero-order chi connectivity index (χ0) is 22.1. The molecule has 0 N–H and O–H groups in total. The number of nitrogens with zero attached hydrogens (tertiary/aromatic N) is 4. The average molecular weight is 461 g/mol. The van der Waals surface area contributed by atoms with Crippen LogP contribution in [0, 0.1) is 6.92 Å². The van der Waals surface area contributed by atoms with Crippen LogP contribution >= 0.6 is 23.4 Å². The zero-order valence-electron chi connectivity index (χ0n) is 17.0. The fraction of sp³-hybridized carbons (Fsp3) is 0.0833. The van der Waals surface area contributed by atoms with Gasteiger partial charge in [0.15, 0.2) is 5.16 Å². The second-order valence-corrected chi connectivity index (χ2v) is 8.57. The number of thioether (sulfide) groups is 1. The van der Waals surface area contributed by atoms with Crippen molar-refractivity contribution in [2.45, 2.75) is 17.8 Å². The van der Waals surface area contributed by atoms with E-state index in [-0.39, 0.29) is 5.56 Å². The lowest BCUT2D eigenvalue weighted by Gasteiger charge is -2.12. The SMILES string of the molecule is Cc1ccnc(-n2c(SCc3coc(-c4cccc(Cl)c4)n3)nc3ccccc3c2=O)c1. The Morgan fingerprint density at radius 3 is 2.78 bits per heavy atom. The molecule has 0 amide bonds. The Balaban J connectivity index is 1.52. The van der Waals surface area contributed by atoms with Crippen LogP contribution in [-0.2, 0) is 5.75 Å². The van der Waals surface area contributed by atoms with Crippen LogP contribution in [0.4, 0.5) is 0 Å². The molecule has 0 bridgehead atoms. The third kappa shape index (κ3) is 4.04. The second-order valence-electron chi connectivity index (χ2n) is 7.19. The molecule has 3 heterocycles. The Bertz CT molecular complexity index is 1500. The Morgan fingerprint density at radius 2 is 1.94 bits per heavy atom. The third-order valence-electron chi connectivity index (χ3n) is 4.85. The number of hydrogen-bond donors (Lipinski definition) is 0. The van der Waals surface area contributed by atoms with E-state index in [2.05, 4.69) is 9.97 Å². The summed E-state index contributed by atoms with van der Waals surface area (Å²) in [4.78, 5) is 27.0. The van der Waals surface area contributed by atoms with Gasteiger partial charge in [0.25, 0.3) is 5.56 Å². The largest absolute Gasteiger partial charge is 0.444 e. The number of rotatable bonds is 5. The number of halogens is 1. The lowest BCUT2D eigenvalue weighted by atomic mass is 10.2. The molecule has 0 aliphatic carbocycles. The summed E-state index contributed by atoms with van der Waals surface area (Å²) >= 11 is 7.48. The first kappa shape index (κ1) is 20.5. The van der Waals surface area contributed by atoms with Crippen molar-refractivity contribution in [2.75, 3.05) is 0 Å². The van der Waals surface area contributed by atoms with E-state index >= 15 is 0 Å². The molecular formula is C24H17ClN4O2S. The molecule has 0 aliphatic heterocycles. The Kier molecular flexibility index (Phi) is 5.51. The van der Waals surface area contributed by atoms with Crippen molar-refractivity contribution in [2.24, 2.45) is 0 Å². The van der Waals surface area contributed by atoms with E-state index in [0.717, 1.165) is 16.8 Å². The normalized spacial score (nSPS) is 11.2. The molecule has 0 spiro atoms. The first-order chi connectivity index (χ1) is 15.6. The summed E-state index contributed by atoms with van der Waals surface area (Å²) in [6, 6.07) is 18.4. The molecule has 158 valence electrons. The Morgan fingerprint density at radius 1 is 1.06 bits per heavy atom. The van der Waals surface area contributed by atoms with Gasteiger partial charge in [-0.15, -0.1) is 0 Å². The molecule has 32 heavy (non-hydrogen) atoms. The average Bonchev–Trinajstić information content (AvgIpc) is 3.27. The topological polar surface area (TPSA) is 73.8 Å². The molecule has 5 rings (SSSR count). The van der Waals surface area contributed by atoms with Crippen molar-refractivity contribution < 1.29 is 4.42 Å². The van der Waals surface area contributed by atoms with Gasteiger partial charge in [-0.1, -0.05) is 41.6 Å². The first-order valence-corrected chi connectivity index (χ1v) is 11.2. The van der Waals surface area contributed by atoms with Crippen molar-refractivity contribution in [1.82, 2.24) is 19.5 Å². The maximum absolute atomic E-state index is 13.3. The lowest BCUT2D eigenvalue weighted by molar-refractivity contribution is 0.573. The summed E-state index contributed by atoms with van der Waals surface area (Å²) in [6.45, 7) is 1.96. The van der Waals surface area contributed by atoms with Crippen LogP contribution in [-0.4, -0.2) is 19.5 Å². The molecule has 2 aromatic carbocycles. The molecule has 0 saturated carbocycles. The smallest absolute Gasteiger partial charge is 0.267 e. The monoisotopic (exact) mass is 460 g/mol. The summed E-state index contributed by atoms with van der Waals surface area (Å²) in [7, 11) is 0. The Hall–Kier alpha value is -3.42. The fourth-order valence-electron chi connectivity index (χ4n) is 3.32. The van der Waals surface area contributed by atoms with Crippen LogP contribution in [0.25, 0.3) is 28.2 Å². The summed E-state index contributed by atoms with van der Waals surface area (Å²) < 4.78 is 7.19. The highest BCUT2D eigenvalue weighted by Crippen LogP contribution is 2.27. The standard InChI is InChI=1S/C24H17ClN4O2S/c1-15-9-10-26-21(11-15)29-23(30)19-7-2-3-8-20(19)28-24(29)32-14-18-13-31-22(27-18)16-5-4-6-17(25)12-16/h2-13H,14H2,1H3. The van der Waals surface area contributed by atoms with E-state index in [1.54, 1.807) is 35.2 Å². The van der Waals surface area contributed by atoms with Crippen LogP contribution in [0.15, 0.2) is 87.5 Å². The van der Waals surface area contributed by atoms with Crippen LogP contribution < -0.4 is 5.56 Å². The summed E-state index contributed by atoms with van der Waals surface area (Å²) in [5.74, 6) is 1.50. The number of pyridine rings is 1. The van der Waals surface area contributed by atoms with Gasteiger partial charge in [0.05, 0.1) is 16.6 Å². The molecule has 3 aromatic heterocycles. The molecule has 8 heteroatoms. The van der Waals surface area contributed by atoms with Crippen molar-refractivity contribution in [1.29, 1.82) is 0 Å². The molecule has 0 radical (unpaired) electrons. The Labute approximate surface area is 192 Å². The summed E-state index contributed by atoms with van der Waals surface area (Å²) in [5, 5.41) is 1.70. The number of fused-ring (bicyclic) bond motifs is 1. The lowest BCUT2D eigenvalue weighted by Crippen LogP contribution is -2.22. The van der Waals surface area contributed by atoms with Gasteiger partial charge >= 0.3 is 0 Å². The molecule has 0 atom stereocenters. The minimum absolute atomic E-state index is 0.157. The maximum Gasteiger partial charge on any atom is 0.267 e. The van der Waals surface area contributed by atoms with E-state index in [1.165, 1.54) is 11.8 Å². The maximum atomic E-state index is 13.3. The van der Waals surface area contributed by atoms with Crippen molar-refractivity contribution in [3.63, 3.8) is 0 Å². The minimum Gasteiger partial charge on any atom is -0.444 e. The molecule has 0 fully saturated rings. The number of aromatic nitrogens is 4. The molecule has 0 aliphatic rings. The van der Waals surface area contributed by atoms with Gasteiger partial charge in [0.2, 0.25) is 5.89 Å². The van der Waals surface area contributed by atoms with Gasteiger partial charge in [0.1, 0.15) is 12.1 Å². The van der Waals surface area contributed by atoms with Gasteiger partial charge in [-0.05, 0) is 55.0 Å². The first-order valence-electron chi connectivity index (χ1n) is 9.86. The number of para-hydroxylation sites is 1. The molecule has 0 unspecified atom stereocenters. The van der Waals surface area contributed by atoms with Gasteiger partial charge < -0.3 is 4.42 Å². The van der Waals surface area contributed by atoms with Crippen molar-refractivity contribution in [3.05, 3.63) is 99.8 Å². The van der Waals surface area contributed by atoms with E-state index in [1.807, 2.05) is 49.4 Å². The van der Waals surface area contributed by atoms with Crippen LogP contribution in [0.2, 0.25) is 5.02 Å². The molecule has 5 aromatic rings. The van der Waals surface area contributed by atoms with Gasteiger partial charge in [-0.2, -0.15) is 0 Å². The number of aryl methyl sites for hydroxylation is 1. The van der Waals surface area contributed by atoms with Crippen LogP contribution in [0.3, 0.4) is 0 Å². The second kappa shape index (κ2) is 8.61. The number of benzene rings is 2. The fourth-order valence-corrected chi connectivity index (χ4v) is 4.39. The van der Waals surface area contributed by atoms with E-state index < -0.39 is 0 Å². The van der Waals surface area contributed by atoms with Gasteiger partial charge in [-0.25, -0.2) is 19.5 Å². The summed E-state index contributed by atoms with van der Waals surface area (Å²) in [5.41, 5.74) is 3.03. The predicted molar refractivity (Wildman–Crippen MR) is 126 cm³/mol. The van der Waals surface area contributed by atoms with Crippen molar-refractivity contribution >= 4 is 34.3 Å². The molecular weight excluding hydrogens is 444 g/mol. The molecule has 6 nitrogen and oxygen atoms in total. The quantitative estimate of drug-likeness (QED) is 0.248. The predicted octanol–water partition coefficient (Wildman–Crippen LogP) is 5.69. The highest BCUT2D eigenvalue weighted by Gasteiger charge is 2.16. The zero-order valence-corrected chi connectivity index (χ0v) is 18.6. The number of oxazole rings is 1. The van der Waals surface area contributed by atoms with E-state index in [0.29, 0.717) is 38.5 Å². The van der Waals surface area contributed by atoms with Crippen LogP contribution in [0.5, 0.6) is 0 Å². The van der Waals surface area contributed by atoms with Crippen LogP contribution in [0.1, 0.15) is 11.3 Å². The highest BCUT2D eigenvalue weighted by molar-refractivity contribution is 7.98.